The Balaban J connectivity index is 1.13. The van der Waals surface area contributed by atoms with Crippen LogP contribution in [0.4, 0.5) is 0 Å². The van der Waals surface area contributed by atoms with Crippen molar-refractivity contribution >= 4 is 0 Å². The van der Waals surface area contributed by atoms with E-state index in [0.717, 1.165) is 92.6 Å². The Morgan fingerprint density at radius 2 is 1.05 bits per heavy atom. The Morgan fingerprint density at radius 3 is 1.68 bits per heavy atom. The van der Waals surface area contributed by atoms with Crippen molar-refractivity contribution in [2.45, 2.75) is 37.0 Å². The minimum Gasteiger partial charge on any atom is -0.460 e. The summed E-state index contributed by atoms with van der Waals surface area (Å²) in [5.74, 6) is 3.84. The van der Waals surface area contributed by atoms with Gasteiger partial charge in [0.2, 0.25) is 0 Å². The van der Waals surface area contributed by atoms with Crippen LogP contribution in [-0.2, 0) is 10.8 Å². The van der Waals surface area contributed by atoms with Crippen molar-refractivity contribution in [3.05, 3.63) is 275 Å². The highest BCUT2D eigenvalue weighted by molar-refractivity contribution is 5.85. The average molecular weight is 838 g/mol. The number of aromatic nitrogens is 1. The maximum atomic E-state index is 7.29. The lowest BCUT2D eigenvalue weighted by molar-refractivity contribution is 0.357. The molecule has 2 unspecified atom stereocenters. The average Bonchev–Trinajstić information content (AvgIpc) is 3.38. The molecule has 8 aromatic rings. The molecule has 65 heavy (non-hydrogen) atoms. The summed E-state index contributed by atoms with van der Waals surface area (Å²) in [5, 5.41) is 0. The molecule has 12 rings (SSSR count). The van der Waals surface area contributed by atoms with Crippen LogP contribution in [0.1, 0.15) is 59.6 Å². The van der Waals surface area contributed by atoms with Crippen LogP contribution < -0.4 is 9.47 Å². The third-order valence-corrected chi connectivity index (χ3v) is 14.1. The molecule has 312 valence electrons. The molecule has 3 heteroatoms. The van der Waals surface area contributed by atoms with E-state index in [1.54, 1.807) is 0 Å². The van der Waals surface area contributed by atoms with Crippen LogP contribution in [0.3, 0.4) is 0 Å². The molecule has 0 spiro atoms. The van der Waals surface area contributed by atoms with Crippen molar-refractivity contribution in [2.24, 2.45) is 5.92 Å². The molecule has 0 amide bonds. The van der Waals surface area contributed by atoms with Gasteiger partial charge in [-0.1, -0.05) is 201 Å². The lowest BCUT2D eigenvalue weighted by atomic mass is 9.58. The fourth-order valence-electron chi connectivity index (χ4n) is 11.2. The predicted octanol–water partition coefficient (Wildman–Crippen LogP) is 15.4. The van der Waals surface area contributed by atoms with Gasteiger partial charge >= 0.3 is 0 Å². The Morgan fingerprint density at radius 1 is 0.508 bits per heavy atom. The molecule has 3 nitrogen and oxygen atoms in total. The normalized spacial score (nSPS) is 18.8. The van der Waals surface area contributed by atoms with E-state index in [1.165, 1.54) is 27.8 Å². The third-order valence-electron chi connectivity index (χ3n) is 14.1. The van der Waals surface area contributed by atoms with Crippen molar-refractivity contribution in [1.29, 1.82) is 0 Å². The topological polar surface area (TPSA) is 31.4 Å². The van der Waals surface area contributed by atoms with E-state index in [-0.39, 0.29) is 0 Å². The number of para-hydroxylation sites is 3. The standard InChI is InChI=1S/C62H47NO2/c1-42-22-14-15-33-50(42)62(47-29-12-5-13-30-47)52-35-17-19-39-58(52)65-60-49(32-21-37-54(60)62)56-41-44(43-23-6-2-7-24-43)40-55(63-56)48-31-20-36-53-59(48)64-57-38-18-16-34-51(57)61(53,45-25-8-3-9-26-45)46-27-10-4-11-28-46/h2-18,20-21,23-38,40-42H,19,22,39H2,1H3. The smallest absolute Gasteiger partial charge is 0.141 e. The second-order valence-electron chi connectivity index (χ2n) is 17.6. The molecular formula is C62H47NO2. The molecule has 1 aromatic heterocycles. The van der Waals surface area contributed by atoms with E-state index in [2.05, 4.69) is 231 Å². The molecule has 7 aromatic carbocycles. The first kappa shape index (κ1) is 38.9. The van der Waals surface area contributed by atoms with E-state index in [1.807, 2.05) is 0 Å². The quantitative estimate of drug-likeness (QED) is 0.160. The van der Waals surface area contributed by atoms with E-state index >= 15 is 0 Å². The van der Waals surface area contributed by atoms with Crippen LogP contribution in [0.5, 0.6) is 17.2 Å². The highest BCUT2D eigenvalue weighted by Crippen LogP contribution is 2.60. The molecule has 2 aliphatic heterocycles. The van der Waals surface area contributed by atoms with Gasteiger partial charge < -0.3 is 9.47 Å². The Kier molecular flexibility index (Phi) is 9.45. The fourth-order valence-corrected chi connectivity index (χ4v) is 11.2. The zero-order valence-electron chi connectivity index (χ0n) is 36.3. The highest BCUT2D eigenvalue weighted by atomic mass is 16.5. The number of hydrogen-bond acceptors (Lipinski definition) is 3. The number of fused-ring (bicyclic) bond motifs is 3. The van der Waals surface area contributed by atoms with Crippen molar-refractivity contribution in [2.75, 3.05) is 0 Å². The second kappa shape index (κ2) is 15.8. The summed E-state index contributed by atoms with van der Waals surface area (Å²) in [6.45, 7) is 2.37. The molecule has 2 atom stereocenters. The minimum atomic E-state index is -0.657. The third kappa shape index (κ3) is 6.06. The molecule has 2 aliphatic carbocycles. The van der Waals surface area contributed by atoms with Gasteiger partial charge in [-0.3, -0.25) is 0 Å². The summed E-state index contributed by atoms with van der Waals surface area (Å²) >= 11 is 0. The molecule has 0 saturated heterocycles. The highest BCUT2D eigenvalue weighted by Gasteiger charge is 2.50. The van der Waals surface area contributed by atoms with Crippen molar-refractivity contribution in [3.8, 4) is 50.9 Å². The Labute approximate surface area is 381 Å². The lowest BCUT2D eigenvalue weighted by Crippen LogP contribution is -2.40. The van der Waals surface area contributed by atoms with Gasteiger partial charge in [0.25, 0.3) is 0 Å². The first-order valence-electron chi connectivity index (χ1n) is 22.9. The van der Waals surface area contributed by atoms with Gasteiger partial charge in [0.15, 0.2) is 0 Å². The van der Waals surface area contributed by atoms with Gasteiger partial charge in [0.05, 0.1) is 22.2 Å². The van der Waals surface area contributed by atoms with E-state index in [4.69, 9.17) is 14.5 Å². The number of hydrogen-bond donors (Lipinski definition) is 0. The van der Waals surface area contributed by atoms with Crippen LogP contribution in [0.2, 0.25) is 0 Å². The van der Waals surface area contributed by atoms with E-state index < -0.39 is 10.8 Å². The number of rotatable bonds is 7. The fraction of sp³-hybridized carbons (Fsp3) is 0.113. The number of ether oxygens (including phenoxy) is 2. The summed E-state index contributed by atoms with van der Waals surface area (Å²) in [7, 11) is 0. The second-order valence-corrected chi connectivity index (χ2v) is 17.6. The van der Waals surface area contributed by atoms with Gasteiger partial charge in [-0.2, -0.15) is 0 Å². The first-order chi connectivity index (χ1) is 32.2. The van der Waals surface area contributed by atoms with Crippen LogP contribution >= 0.6 is 0 Å². The molecule has 0 bridgehead atoms. The Hall–Kier alpha value is -7.75. The Bertz CT molecular complexity index is 3200. The zero-order chi connectivity index (χ0) is 43.4. The van der Waals surface area contributed by atoms with Gasteiger partial charge in [-0.15, -0.1) is 0 Å². The summed E-state index contributed by atoms with van der Waals surface area (Å²) in [6, 6.07) is 69.7. The number of pyridine rings is 1. The summed E-state index contributed by atoms with van der Waals surface area (Å²) in [5.41, 5.74) is 14.0. The van der Waals surface area contributed by atoms with Crippen molar-refractivity contribution in [3.63, 3.8) is 0 Å². The first-order valence-corrected chi connectivity index (χ1v) is 22.9. The predicted molar refractivity (Wildman–Crippen MR) is 263 cm³/mol. The van der Waals surface area contributed by atoms with Crippen LogP contribution in [0, 0.1) is 5.92 Å². The maximum absolute atomic E-state index is 7.29. The molecular weight excluding hydrogens is 791 g/mol. The monoisotopic (exact) mass is 837 g/mol. The van der Waals surface area contributed by atoms with Gasteiger partial charge in [0, 0.05) is 39.8 Å². The molecule has 0 fully saturated rings. The van der Waals surface area contributed by atoms with Gasteiger partial charge in [-0.05, 0) is 82.5 Å². The molecule has 4 aliphatic rings. The number of benzene rings is 7. The summed E-state index contributed by atoms with van der Waals surface area (Å²) in [6.07, 6.45) is 14.3. The van der Waals surface area contributed by atoms with Crippen LogP contribution in [-0.4, -0.2) is 4.98 Å². The largest absolute Gasteiger partial charge is 0.460 e. The number of nitrogens with zero attached hydrogens (tertiary/aromatic N) is 1. The van der Waals surface area contributed by atoms with Crippen LogP contribution in [0.25, 0.3) is 33.6 Å². The maximum Gasteiger partial charge on any atom is 0.141 e. The minimum absolute atomic E-state index is 0.318. The van der Waals surface area contributed by atoms with Crippen LogP contribution in [0.15, 0.2) is 241 Å². The van der Waals surface area contributed by atoms with Gasteiger partial charge in [0.1, 0.15) is 23.0 Å². The van der Waals surface area contributed by atoms with E-state index in [9.17, 15) is 0 Å². The SMILES string of the molecule is CC1CC=CC=C1C1(c2ccccc2)C2=C(CCC=C2)Oc2c(-c3cc(-c4ccccc4)cc(-c4cccc5c4Oc4ccccc4C5(c4ccccc4)c4ccccc4)n3)cccc21. The zero-order valence-corrected chi connectivity index (χ0v) is 36.3. The summed E-state index contributed by atoms with van der Waals surface area (Å²) in [4.78, 5) is 5.70. The molecule has 3 heterocycles. The molecule has 0 radical (unpaired) electrons. The van der Waals surface area contributed by atoms with Crippen molar-refractivity contribution < 1.29 is 9.47 Å². The van der Waals surface area contributed by atoms with E-state index in [0.29, 0.717) is 5.92 Å². The molecule has 0 N–H and O–H groups in total. The van der Waals surface area contributed by atoms with Crippen molar-refractivity contribution in [1.82, 2.24) is 4.98 Å². The number of allylic oxidation sites excluding steroid dienone is 8. The molecule has 0 saturated carbocycles. The lowest BCUT2D eigenvalue weighted by Gasteiger charge is -2.46. The summed E-state index contributed by atoms with van der Waals surface area (Å²) < 4.78 is 14.5. The van der Waals surface area contributed by atoms with Gasteiger partial charge in [-0.25, -0.2) is 4.98 Å².